The molecule has 0 aliphatic heterocycles. The smallest absolute Gasteiger partial charge is 0.0545 e. The van der Waals surface area contributed by atoms with Crippen LogP contribution in [0, 0.1) is 5.92 Å². The minimum absolute atomic E-state index is 0. The van der Waals surface area contributed by atoms with Crippen molar-refractivity contribution in [2.45, 2.75) is 25.4 Å². The van der Waals surface area contributed by atoms with E-state index in [0.29, 0.717) is 0 Å². The van der Waals surface area contributed by atoms with Crippen molar-refractivity contribution < 1.29 is 5.11 Å². The molecule has 0 aromatic heterocycles. The maximum absolute atomic E-state index is 8.80. The predicted molar refractivity (Wildman–Crippen MR) is 39.7 cm³/mol. The van der Waals surface area contributed by atoms with Crippen molar-refractivity contribution in [2.75, 3.05) is 6.54 Å². The van der Waals surface area contributed by atoms with Gasteiger partial charge in [0.05, 0.1) is 6.10 Å². The van der Waals surface area contributed by atoms with Crippen molar-refractivity contribution in [3.63, 3.8) is 0 Å². The summed E-state index contributed by atoms with van der Waals surface area (Å²) in [4.78, 5) is 0. The van der Waals surface area contributed by atoms with Gasteiger partial charge in [0, 0.05) is 0 Å². The number of aliphatic hydroxyl groups is 1. The van der Waals surface area contributed by atoms with Crippen molar-refractivity contribution in [1.82, 2.24) is 0 Å². The quantitative estimate of drug-likeness (QED) is 0.605. The molecule has 0 unspecified atom stereocenters. The Morgan fingerprint density at radius 3 is 2.33 bits per heavy atom. The molecule has 0 bridgehead atoms. The Bertz CT molecular complexity index is 70.7. The van der Waals surface area contributed by atoms with Crippen LogP contribution in [0.25, 0.3) is 0 Å². The van der Waals surface area contributed by atoms with Gasteiger partial charge in [-0.1, -0.05) is 0 Å². The van der Waals surface area contributed by atoms with Crippen LogP contribution >= 0.6 is 12.4 Å². The van der Waals surface area contributed by atoms with Crippen LogP contribution in [0.15, 0.2) is 0 Å². The molecule has 0 aromatic rings. The fourth-order valence-corrected chi connectivity index (χ4v) is 1.17. The number of rotatable bonds is 2. The maximum Gasteiger partial charge on any atom is 0.0545 e. The van der Waals surface area contributed by atoms with Crippen LogP contribution in [-0.4, -0.2) is 17.8 Å². The first-order chi connectivity index (χ1) is 3.83. The number of nitrogens with two attached hydrogens (primary N) is 1. The lowest BCUT2D eigenvalue weighted by Crippen LogP contribution is -2.29. The van der Waals surface area contributed by atoms with Gasteiger partial charge in [-0.3, -0.25) is 0 Å². The summed E-state index contributed by atoms with van der Waals surface area (Å²) in [6.07, 6.45) is 3.05. The van der Waals surface area contributed by atoms with E-state index in [1.165, 1.54) is 0 Å². The lowest BCUT2D eigenvalue weighted by Gasteiger charge is -2.30. The summed E-state index contributed by atoms with van der Waals surface area (Å²) < 4.78 is 0. The van der Waals surface area contributed by atoms with E-state index in [2.05, 4.69) is 0 Å². The van der Waals surface area contributed by atoms with Gasteiger partial charge < -0.3 is 10.8 Å². The second-order valence-electron chi connectivity index (χ2n) is 2.57. The average molecular weight is 152 g/mol. The molecule has 2 nitrogen and oxygen atoms in total. The highest BCUT2D eigenvalue weighted by molar-refractivity contribution is 5.85. The molecule has 9 heavy (non-hydrogen) atoms. The molecule has 1 saturated carbocycles. The largest absolute Gasteiger partial charge is 0.393 e. The van der Waals surface area contributed by atoms with E-state index in [4.69, 9.17) is 10.8 Å². The predicted octanol–water partition coefficient (Wildman–Crippen LogP) is 0.528. The third-order valence-electron chi connectivity index (χ3n) is 1.79. The topological polar surface area (TPSA) is 46.2 Å². The van der Waals surface area contributed by atoms with Crippen molar-refractivity contribution in [3.8, 4) is 0 Å². The Labute approximate surface area is 61.8 Å². The van der Waals surface area contributed by atoms with Gasteiger partial charge in [0.25, 0.3) is 0 Å². The second-order valence-corrected chi connectivity index (χ2v) is 2.57. The molecule has 0 saturated heterocycles. The summed E-state index contributed by atoms with van der Waals surface area (Å²) >= 11 is 0. The summed E-state index contributed by atoms with van der Waals surface area (Å²) in [6.45, 7) is 0.775. The zero-order valence-corrected chi connectivity index (χ0v) is 6.23. The summed E-state index contributed by atoms with van der Waals surface area (Å²) in [7, 11) is 0. The molecule has 1 aliphatic rings. The van der Waals surface area contributed by atoms with Crippen LogP contribution in [0.1, 0.15) is 19.3 Å². The lowest BCUT2D eigenvalue weighted by atomic mass is 9.80. The fraction of sp³-hybridized carbons (Fsp3) is 1.00. The van der Waals surface area contributed by atoms with Crippen LogP contribution in [0.3, 0.4) is 0 Å². The summed E-state index contributed by atoms with van der Waals surface area (Å²) in [5.41, 5.74) is 5.30. The summed E-state index contributed by atoms with van der Waals surface area (Å²) in [6, 6.07) is 0. The number of hydrogen-bond acceptors (Lipinski definition) is 2. The first-order valence-electron chi connectivity index (χ1n) is 3.21. The average Bonchev–Trinajstić information content (AvgIpc) is 1.64. The van der Waals surface area contributed by atoms with E-state index < -0.39 is 0 Å². The lowest BCUT2D eigenvalue weighted by molar-refractivity contribution is 0.0403. The molecule has 0 spiro atoms. The Hall–Kier alpha value is 0.210. The first-order valence-corrected chi connectivity index (χ1v) is 3.21. The van der Waals surface area contributed by atoms with Gasteiger partial charge in [-0.2, -0.15) is 0 Å². The van der Waals surface area contributed by atoms with E-state index in [0.717, 1.165) is 31.7 Å². The Kier molecular flexibility index (Phi) is 4.19. The van der Waals surface area contributed by atoms with Gasteiger partial charge in [-0.05, 0) is 31.7 Å². The molecular formula is C6H14ClNO. The number of halogens is 1. The van der Waals surface area contributed by atoms with Gasteiger partial charge in [0.1, 0.15) is 0 Å². The SMILES string of the molecule is Cl.NCC[C@H]1C[C@@H](O)C1. The van der Waals surface area contributed by atoms with Gasteiger partial charge in [0.15, 0.2) is 0 Å². The molecule has 3 heteroatoms. The van der Waals surface area contributed by atoms with Gasteiger partial charge >= 0.3 is 0 Å². The highest BCUT2D eigenvalue weighted by Gasteiger charge is 2.25. The molecule has 3 N–H and O–H groups in total. The number of hydrogen-bond donors (Lipinski definition) is 2. The first kappa shape index (κ1) is 9.21. The van der Waals surface area contributed by atoms with Gasteiger partial charge in [-0.15, -0.1) is 12.4 Å². The third kappa shape index (κ3) is 2.52. The van der Waals surface area contributed by atoms with Crippen molar-refractivity contribution in [1.29, 1.82) is 0 Å². The van der Waals surface area contributed by atoms with E-state index in [1.54, 1.807) is 0 Å². The molecule has 0 amide bonds. The highest BCUT2D eigenvalue weighted by Crippen LogP contribution is 2.29. The second kappa shape index (κ2) is 4.09. The molecule has 0 heterocycles. The van der Waals surface area contributed by atoms with E-state index in [1.807, 2.05) is 0 Å². The molecule has 56 valence electrons. The fourth-order valence-electron chi connectivity index (χ4n) is 1.17. The molecular weight excluding hydrogens is 138 g/mol. The van der Waals surface area contributed by atoms with Gasteiger partial charge in [-0.25, -0.2) is 0 Å². The minimum Gasteiger partial charge on any atom is -0.393 e. The summed E-state index contributed by atoms with van der Waals surface area (Å²) in [5.74, 6) is 0.731. The molecule has 0 radical (unpaired) electrons. The zero-order chi connectivity index (χ0) is 5.98. The van der Waals surface area contributed by atoms with E-state index >= 15 is 0 Å². The molecule has 1 fully saturated rings. The molecule has 1 rings (SSSR count). The van der Waals surface area contributed by atoms with Crippen LogP contribution in [0.5, 0.6) is 0 Å². The summed E-state index contributed by atoms with van der Waals surface area (Å²) in [5, 5.41) is 8.80. The number of aliphatic hydroxyl groups excluding tert-OH is 1. The molecule has 0 aromatic carbocycles. The van der Waals surface area contributed by atoms with Crippen LogP contribution in [-0.2, 0) is 0 Å². The normalized spacial score (nSPS) is 32.7. The molecule has 0 atom stereocenters. The van der Waals surface area contributed by atoms with Crippen LogP contribution in [0.4, 0.5) is 0 Å². The van der Waals surface area contributed by atoms with Gasteiger partial charge in [0.2, 0.25) is 0 Å². The Morgan fingerprint density at radius 2 is 2.00 bits per heavy atom. The van der Waals surface area contributed by atoms with Crippen molar-refractivity contribution in [3.05, 3.63) is 0 Å². The maximum atomic E-state index is 8.80. The van der Waals surface area contributed by atoms with Crippen LogP contribution < -0.4 is 5.73 Å². The standard InChI is InChI=1S/C6H13NO.ClH/c7-2-1-5-3-6(8)4-5;/h5-6,8H,1-4,7H2;1H/t5-,6+;. The molecule has 1 aliphatic carbocycles. The van der Waals surface area contributed by atoms with Crippen molar-refractivity contribution >= 4 is 12.4 Å². The zero-order valence-electron chi connectivity index (χ0n) is 5.42. The van der Waals surface area contributed by atoms with E-state index in [-0.39, 0.29) is 18.5 Å². The third-order valence-corrected chi connectivity index (χ3v) is 1.79. The van der Waals surface area contributed by atoms with E-state index in [9.17, 15) is 0 Å². The monoisotopic (exact) mass is 151 g/mol. The minimum atomic E-state index is -0.00782. The van der Waals surface area contributed by atoms with Crippen molar-refractivity contribution in [2.24, 2.45) is 11.7 Å². The highest BCUT2D eigenvalue weighted by atomic mass is 35.5. The van der Waals surface area contributed by atoms with Crippen LogP contribution in [0.2, 0.25) is 0 Å². The Balaban J connectivity index is 0.000000640. The Morgan fingerprint density at radius 1 is 1.44 bits per heavy atom.